The lowest BCUT2D eigenvalue weighted by Crippen LogP contribution is -2.32. The standard InChI is InChI=1S/C21H14ClFN4O2/c22-13-8-9-17-15(11-13)21(14-5-1-2-6-16(14)23)27(29)12-19(25-17)20(26-28)18-7-3-4-10-24-18/h1-11,29H,12H2/b20-19+. The van der Waals surface area contributed by atoms with Crippen LogP contribution >= 0.6 is 11.6 Å². The molecule has 1 N–H and O–H groups in total. The lowest BCUT2D eigenvalue weighted by Gasteiger charge is -2.20. The van der Waals surface area contributed by atoms with Crippen LogP contribution in [0.5, 0.6) is 0 Å². The van der Waals surface area contributed by atoms with Gasteiger partial charge in [0.2, 0.25) is 0 Å². The minimum atomic E-state index is -0.515. The second-order valence-corrected chi connectivity index (χ2v) is 6.70. The van der Waals surface area contributed by atoms with Crippen molar-refractivity contribution in [3.05, 3.63) is 110 Å². The van der Waals surface area contributed by atoms with Crippen LogP contribution in [0.2, 0.25) is 5.02 Å². The fourth-order valence-corrected chi connectivity index (χ4v) is 3.32. The first-order valence-corrected chi connectivity index (χ1v) is 9.04. The van der Waals surface area contributed by atoms with Crippen molar-refractivity contribution in [3.8, 4) is 0 Å². The molecule has 8 heteroatoms. The first-order chi connectivity index (χ1) is 14.1. The SMILES string of the molecule is O=N/C(=C1\CN(O)C(c2ccccc2F)=c2cc(Cl)ccc2=N1)c1ccccn1. The average molecular weight is 409 g/mol. The quantitative estimate of drug-likeness (QED) is 0.673. The molecule has 0 fully saturated rings. The molecule has 0 saturated carbocycles. The second kappa shape index (κ2) is 7.90. The Labute approximate surface area is 169 Å². The van der Waals surface area contributed by atoms with E-state index in [1.165, 1.54) is 12.3 Å². The van der Waals surface area contributed by atoms with Gasteiger partial charge < -0.3 is 0 Å². The Balaban J connectivity index is 2.06. The number of pyridine rings is 1. The minimum absolute atomic E-state index is 0.0136. The summed E-state index contributed by atoms with van der Waals surface area (Å²) in [5.41, 5.74) is 0.856. The molecule has 1 aliphatic heterocycles. The average Bonchev–Trinajstić information content (AvgIpc) is 2.86. The van der Waals surface area contributed by atoms with E-state index in [9.17, 15) is 14.5 Å². The van der Waals surface area contributed by atoms with Crippen LogP contribution in [0.25, 0.3) is 11.4 Å². The van der Waals surface area contributed by atoms with E-state index in [1.807, 2.05) is 0 Å². The van der Waals surface area contributed by atoms with Crippen LogP contribution < -0.4 is 10.6 Å². The van der Waals surface area contributed by atoms with Crippen LogP contribution in [0.1, 0.15) is 11.3 Å². The molecule has 1 aliphatic rings. The van der Waals surface area contributed by atoms with Crippen LogP contribution in [0.4, 0.5) is 4.39 Å². The van der Waals surface area contributed by atoms with Crippen LogP contribution in [0.3, 0.4) is 0 Å². The lowest BCUT2D eigenvalue weighted by atomic mass is 10.1. The fraction of sp³-hybridized carbons (Fsp3) is 0.0476. The van der Waals surface area contributed by atoms with Crippen molar-refractivity contribution in [1.82, 2.24) is 10.0 Å². The van der Waals surface area contributed by atoms with Gasteiger partial charge in [0.25, 0.3) is 0 Å². The Morgan fingerprint density at radius 1 is 1.14 bits per heavy atom. The lowest BCUT2D eigenvalue weighted by molar-refractivity contribution is -0.0186. The summed E-state index contributed by atoms with van der Waals surface area (Å²) in [4.78, 5) is 20.3. The summed E-state index contributed by atoms with van der Waals surface area (Å²) in [6, 6.07) is 16.0. The van der Waals surface area contributed by atoms with Crippen molar-refractivity contribution >= 4 is 23.0 Å². The number of hydrogen-bond acceptors (Lipinski definition) is 6. The monoisotopic (exact) mass is 408 g/mol. The highest BCUT2D eigenvalue weighted by Gasteiger charge is 2.22. The summed E-state index contributed by atoms with van der Waals surface area (Å²) in [7, 11) is 0. The Hall–Kier alpha value is -3.42. The molecule has 4 rings (SSSR count). The van der Waals surface area contributed by atoms with Crippen molar-refractivity contribution in [3.63, 3.8) is 0 Å². The summed E-state index contributed by atoms with van der Waals surface area (Å²) < 4.78 is 14.5. The molecule has 0 bridgehead atoms. The maximum Gasteiger partial charge on any atom is 0.156 e. The summed E-state index contributed by atoms with van der Waals surface area (Å²) in [5.74, 6) is -0.515. The number of hydroxylamine groups is 2. The van der Waals surface area contributed by atoms with E-state index < -0.39 is 5.82 Å². The molecular weight excluding hydrogens is 395 g/mol. The van der Waals surface area contributed by atoms with Gasteiger partial charge in [0, 0.05) is 22.0 Å². The molecule has 6 nitrogen and oxygen atoms in total. The van der Waals surface area contributed by atoms with E-state index in [-0.39, 0.29) is 29.2 Å². The zero-order chi connectivity index (χ0) is 20.4. The second-order valence-electron chi connectivity index (χ2n) is 6.26. The molecule has 0 aliphatic carbocycles. The molecule has 0 amide bonds. The number of benzene rings is 2. The smallest absolute Gasteiger partial charge is 0.156 e. The Kier molecular flexibility index (Phi) is 5.16. The van der Waals surface area contributed by atoms with E-state index in [0.717, 1.165) is 5.06 Å². The predicted octanol–water partition coefficient (Wildman–Crippen LogP) is 3.49. The maximum absolute atomic E-state index is 14.5. The first kappa shape index (κ1) is 18.9. The summed E-state index contributed by atoms with van der Waals surface area (Å²) >= 11 is 6.15. The van der Waals surface area contributed by atoms with Crippen molar-refractivity contribution in [2.45, 2.75) is 0 Å². The number of rotatable bonds is 3. The molecule has 0 atom stereocenters. The Morgan fingerprint density at radius 3 is 2.66 bits per heavy atom. The van der Waals surface area contributed by atoms with Gasteiger partial charge in [-0.15, -0.1) is 4.91 Å². The van der Waals surface area contributed by atoms with Gasteiger partial charge in [-0.3, -0.25) is 10.2 Å². The zero-order valence-electron chi connectivity index (χ0n) is 15.0. The van der Waals surface area contributed by atoms with Gasteiger partial charge in [0.15, 0.2) is 5.70 Å². The van der Waals surface area contributed by atoms with Gasteiger partial charge in [-0.1, -0.05) is 29.8 Å². The number of aromatic nitrogens is 1. The van der Waals surface area contributed by atoms with Crippen molar-refractivity contribution in [1.29, 1.82) is 0 Å². The molecule has 0 radical (unpaired) electrons. The highest BCUT2D eigenvalue weighted by molar-refractivity contribution is 6.30. The third kappa shape index (κ3) is 3.65. The number of halogens is 2. The number of hydrogen-bond donors (Lipinski definition) is 1. The summed E-state index contributed by atoms with van der Waals surface area (Å²) in [5, 5.41) is 16.0. The molecule has 3 aromatic rings. The van der Waals surface area contributed by atoms with E-state index in [0.29, 0.717) is 21.3 Å². The number of fused-ring (bicyclic) bond motifs is 1. The van der Waals surface area contributed by atoms with Crippen molar-refractivity contribution in [2.24, 2.45) is 10.2 Å². The Bertz CT molecular complexity index is 1250. The van der Waals surface area contributed by atoms with Gasteiger partial charge in [-0.05, 0) is 47.6 Å². The number of nitrogens with zero attached hydrogens (tertiary/aromatic N) is 4. The van der Waals surface area contributed by atoms with E-state index in [4.69, 9.17) is 11.6 Å². The first-order valence-electron chi connectivity index (χ1n) is 8.66. The van der Waals surface area contributed by atoms with Gasteiger partial charge in [0.05, 0.1) is 29.0 Å². The van der Waals surface area contributed by atoms with Crippen LogP contribution in [0, 0.1) is 10.7 Å². The van der Waals surface area contributed by atoms with Gasteiger partial charge in [-0.25, -0.2) is 14.4 Å². The maximum atomic E-state index is 14.5. The highest BCUT2D eigenvalue weighted by Crippen LogP contribution is 2.25. The van der Waals surface area contributed by atoms with Crippen LogP contribution in [0.15, 0.2) is 82.7 Å². The summed E-state index contributed by atoms with van der Waals surface area (Å²) in [6.07, 6.45) is 1.53. The highest BCUT2D eigenvalue weighted by atomic mass is 35.5. The zero-order valence-corrected chi connectivity index (χ0v) is 15.7. The van der Waals surface area contributed by atoms with E-state index >= 15 is 0 Å². The molecule has 29 heavy (non-hydrogen) atoms. The molecule has 0 spiro atoms. The van der Waals surface area contributed by atoms with E-state index in [1.54, 1.807) is 54.6 Å². The van der Waals surface area contributed by atoms with Crippen molar-refractivity contribution in [2.75, 3.05) is 6.54 Å². The molecule has 144 valence electrons. The fourth-order valence-electron chi connectivity index (χ4n) is 3.15. The number of nitroso groups, excluding NO2 is 1. The third-order valence-corrected chi connectivity index (χ3v) is 4.66. The predicted molar refractivity (Wildman–Crippen MR) is 107 cm³/mol. The van der Waals surface area contributed by atoms with Crippen LogP contribution in [-0.2, 0) is 0 Å². The van der Waals surface area contributed by atoms with Crippen LogP contribution in [-0.4, -0.2) is 21.8 Å². The molecular formula is C21H14ClFN4O2. The molecule has 2 aromatic carbocycles. The molecule has 0 saturated heterocycles. The normalized spacial score (nSPS) is 15.3. The van der Waals surface area contributed by atoms with Gasteiger partial charge in [-0.2, -0.15) is 0 Å². The molecule has 1 aromatic heterocycles. The molecule has 0 unspecified atom stereocenters. The van der Waals surface area contributed by atoms with Gasteiger partial charge in [0.1, 0.15) is 5.82 Å². The minimum Gasteiger partial charge on any atom is -0.288 e. The molecule has 2 heterocycles. The van der Waals surface area contributed by atoms with Gasteiger partial charge >= 0.3 is 0 Å². The largest absolute Gasteiger partial charge is 0.288 e. The Morgan fingerprint density at radius 2 is 1.93 bits per heavy atom. The summed E-state index contributed by atoms with van der Waals surface area (Å²) in [6.45, 7) is -0.201. The topological polar surface area (TPSA) is 78.2 Å². The van der Waals surface area contributed by atoms with E-state index in [2.05, 4.69) is 15.2 Å². The van der Waals surface area contributed by atoms with Crippen molar-refractivity contribution < 1.29 is 9.60 Å². The third-order valence-electron chi connectivity index (χ3n) is 4.43.